The van der Waals surface area contributed by atoms with Crippen LogP contribution in [0, 0.1) is 0 Å². The van der Waals surface area contributed by atoms with Gasteiger partial charge >= 0.3 is 0 Å². The lowest BCUT2D eigenvalue weighted by molar-refractivity contribution is 1.10. The van der Waals surface area contributed by atoms with E-state index in [-0.39, 0.29) is 0 Å². The van der Waals surface area contributed by atoms with Crippen LogP contribution in [0.2, 0.25) is 0 Å². The number of hydrogen-bond donors (Lipinski definition) is 0. The van der Waals surface area contributed by atoms with Crippen molar-refractivity contribution in [3.8, 4) is 56.1 Å². The molecule has 0 unspecified atom stereocenters. The van der Waals surface area contributed by atoms with Gasteiger partial charge in [0.1, 0.15) is 0 Å². The number of rotatable bonds is 12. The zero-order valence-corrected chi connectivity index (χ0v) is 40.7. The van der Waals surface area contributed by atoms with E-state index in [9.17, 15) is 0 Å². The minimum Gasteiger partial charge on any atom is -0.310 e. The van der Waals surface area contributed by atoms with E-state index >= 15 is 0 Å². The van der Waals surface area contributed by atoms with Crippen LogP contribution in [0.15, 0.2) is 303 Å². The van der Waals surface area contributed by atoms with Crippen LogP contribution in [0.5, 0.6) is 0 Å². The van der Waals surface area contributed by atoms with Crippen molar-refractivity contribution >= 4 is 55.9 Å². The van der Waals surface area contributed by atoms with Crippen LogP contribution in [0.1, 0.15) is 0 Å². The number of para-hydroxylation sites is 4. The fraction of sp³-hybridized carbons (Fsp3) is 0. The van der Waals surface area contributed by atoms with Gasteiger partial charge in [0.2, 0.25) is 0 Å². The summed E-state index contributed by atoms with van der Waals surface area (Å²) in [4.78, 5) is 4.70. The molecule has 4 heteroatoms. The summed E-state index contributed by atoms with van der Waals surface area (Å²) < 4.78 is 4.93. The van der Waals surface area contributed by atoms with Crippen LogP contribution in [-0.2, 0) is 0 Å². The predicted octanol–water partition coefficient (Wildman–Crippen LogP) is 19.2. The molecule has 0 atom stereocenters. The second-order valence-electron chi connectivity index (χ2n) is 18.5. The van der Waals surface area contributed by atoms with Gasteiger partial charge in [0, 0.05) is 67.4 Å². The van der Waals surface area contributed by atoms with Gasteiger partial charge < -0.3 is 18.9 Å². The number of aromatic nitrogens is 2. The van der Waals surface area contributed by atoms with E-state index in [1.165, 1.54) is 21.9 Å². The van der Waals surface area contributed by atoms with Crippen molar-refractivity contribution in [3.05, 3.63) is 303 Å². The first kappa shape index (κ1) is 44.1. The normalized spacial score (nSPS) is 11.2. The molecule has 0 spiro atoms. The molecular weight excluding hydrogens is 897 g/mol. The maximum Gasteiger partial charge on any atom is 0.0619 e. The highest BCUT2D eigenvalue weighted by molar-refractivity contribution is 6.09. The fourth-order valence-electron chi connectivity index (χ4n) is 10.9. The standard InChI is InChI=1S/C70H50N4/c1-9-25-51(26-10-1)67-63-49-61(71(55-33-17-5-18-34-55)56-35-19-6-20-36-56)45-47-65(63)73(69(67)53-29-13-3-14-30-53)59-41-43-60(44-42-59)74-66-48-46-62(72(57-37-21-7-22-38-57)58-39-23-8-24-40-58)50-64(66)68(52-27-11-2-12-28-52)70(74)54-31-15-4-16-32-54/h1-50H. The average Bonchev–Trinajstić information content (AvgIpc) is 4.01. The van der Waals surface area contributed by atoms with E-state index in [4.69, 9.17) is 0 Å². The molecule has 0 saturated heterocycles. The number of fused-ring (bicyclic) bond motifs is 2. The highest BCUT2D eigenvalue weighted by atomic mass is 15.1. The summed E-state index contributed by atoms with van der Waals surface area (Å²) in [6, 6.07) is 109. The van der Waals surface area contributed by atoms with Gasteiger partial charge in [0.15, 0.2) is 0 Å². The number of nitrogens with zero attached hydrogens (tertiary/aromatic N) is 4. The quantitative estimate of drug-likeness (QED) is 0.121. The summed E-state index contributed by atoms with van der Waals surface area (Å²) >= 11 is 0. The molecule has 0 radical (unpaired) electrons. The topological polar surface area (TPSA) is 16.3 Å². The summed E-state index contributed by atoms with van der Waals surface area (Å²) in [6.45, 7) is 0. The first-order valence-electron chi connectivity index (χ1n) is 25.3. The third-order valence-electron chi connectivity index (χ3n) is 14.1. The fourth-order valence-corrected chi connectivity index (χ4v) is 10.9. The molecule has 350 valence electrons. The summed E-state index contributed by atoms with van der Waals surface area (Å²) in [5, 5.41) is 2.33. The second kappa shape index (κ2) is 19.4. The van der Waals surface area contributed by atoms with Crippen molar-refractivity contribution in [2.45, 2.75) is 0 Å². The Morgan fingerprint density at radius 1 is 0.216 bits per heavy atom. The molecule has 2 heterocycles. The molecule has 0 aliphatic rings. The molecule has 74 heavy (non-hydrogen) atoms. The van der Waals surface area contributed by atoms with E-state index in [0.717, 1.165) is 90.2 Å². The highest BCUT2D eigenvalue weighted by Crippen LogP contribution is 2.48. The van der Waals surface area contributed by atoms with Gasteiger partial charge in [0.05, 0.1) is 22.4 Å². The second-order valence-corrected chi connectivity index (χ2v) is 18.5. The molecular formula is C70H50N4. The number of benzene rings is 11. The zero-order chi connectivity index (χ0) is 49.2. The minimum atomic E-state index is 1.07. The lowest BCUT2D eigenvalue weighted by atomic mass is 9.98. The van der Waals surface area contributed by atoms with E-state index in [2.05, 4.69) is 322 Å². The molecule has 13 rings (SSSR count). The molecule has 0 amide bonds. The van der Waals surface area contributed by atoms with Gasteiger partial charge in [-0.3, -0.25) is 0 Å². The summed E-state index contributed by atoms with van der Waals surface area (Å²) in [6.07, 6.45) is 0. The molecule has 11 aromatic carbocycles. The van der Waals surface area contributed by atoms with Crippen LogP contribution in [0.4, 0.5) is 34.1 Å². The van der Waals surface area contributed by atoms with Gasteiger partial charge in [-0.2, -0.15) is 0 Å². The Balaban J connectivity index is 1.04. The Kier molecular flexibility index (Phi) is 11.5. The van der Waals surface area contributed by atoms with Crippen LogP contribution in [0.25, 0.3) is 77.9 Å². The first-order chi connectivity index (χ1) is 36.8. The van der Waals surface area contributed by atoms with Crippen molar-refractivity contribution in [1.29, 1.82) is 0 Å². The van der Waals surface area contributed by atoms with E-state index in [1.54, 1.807) is 0 Å². The molecule has 13 aromatic rings. The molecule has 0 bridgehead atoms. The maximum absolute atomic E-state index is 2.46. The smallest absolute Gasteiger partial charge is 0.0619 e. The van der Waals surface area contributed by atoms with Gasteiger partial charge in [-0.1, -0.05) is 194 Å². The molecule has 0 N–H and O–H groups in total. The maximum atomic E-state index is 2.46. The average molecular weight is 947 g/mol. The van der Waals surface area contributed by atoms with Crippen molar-refractivity contribution < 1.29 is 0 Å². The minimum absolute atomic E-state index is 1.07. The molecule has 0 aliphatic heterocycles. The van der Waals surface area contributed by atoms with E-state index in [0.29, 0.717) is 0 Å². The predicted molar refractivity (Wildman–Crippen MR) is 311 cm³/mol. The van der Waals surface area contributed by atoms with Crippen molar-refractivity contribution in [2.75, 3.05) is 9.80 Å². The van der Waals surface area contributed by atoms with Gasteiger partial charge in [-0.15, -0.1) is 0 Å². The number of anilines is 6. The van der Waals surface area contributed by atoms with Crippen molar-refractivity contribution in [3.63, 3.8) is 0 Å². The monoisotopic (exact) mass is 946 g/mol. The Labute approximate surface area is 432 Å². The van der Waals surface area contributed by atoms with Gasteiger partial charge in [0.25, 0.3) is 0 Å². The summed E-state index contributed by atoms with van der Waals surface area (Å²) in [5.41, 5.74) is 20.2. The van der Waals surface area contributed by atoms with Crippen molar-refractivity contribution in [1.82, 2.24) is 9.13 Å². The highest BCUT2D eigenvalue weighted by Gasteiger charge is 2.26. The summed E-state index contributed by atoms with van der Waals surface area (Å²) in [5.74, 6) is 0. The van der Waals surface area contributed by atoms with Crippen LogP contribution in [0.3, 0.4) is 0 Å². The van der Waals surface area contributed by atoms with Crippen LogP contribution >= 0.6 is 0 Å². The molecule has 4 nitrogen and oxygen atoms in total. The summed E-state index contributed by atoms with van der Waals surface area (Å²) in [7, 11) is 0. The zero-order valence-electron chi connectivity index (χ0n) is 40.7. The Hall–Kier alpha value is -9.90. The lowest BCUT2D eigenvalue weighted by Gasteiger charge is -2.25. The molecule has 2 aromatic heterocycles. The number of hydrogen-bond acceptors (Lipinski definition) is 2. The molecule has 0 fully saturated rings. The Morgan fingerprint density at radius 3 is 0.757 bits per heavy atom. The Bertz CT molecular complexity index is 3660. The third kappa shape index (κ3) is 8.01. The van der Waals surface area contributed by atoms with Crippen LogP contribution in [-0.4, -0.2) is 9.13 Å². The Morgan fingerprint density at radius 2 is 0.473 bits per heavy atom. The van der Waals surface area contributed by atoms with Gasteiger partial charge in [-0.05, 0) is 131 Å². The third-order valence-corrected chi connectivity index (χ3v) is 14.1. The molecule has 0 aliphatic carbocycles. The lowest BCUT2D eigenvalue weighted by Crippen LogP contribution is -2.09. The largest absolute Gasteiger partial charge is 0.310 e. The van der Waals surface area contributed by atoms with E-state index < -0.39 is 0 Å². The first-order valence-corrected chi connectivity index (χ1v) is 25.3. The van der Waals surface area contributed by atoms with E-state index in [1.807, 2.05) is 0 Å². The van der Waals surface area contributed by atoms with Crippen LogP contribution < -0.4 is 9.80 Å². The SMILES string of the molecule is c1ccc(-c2c(-c3ccccc3)n(-c3ccc(-n4c(-c5ccccc5)c(-c5ccccc5)c5cc(N(c6ccccc6)c6ccccc6)ccc54)cc3)c3ccc(N(c4ccccc4)c4ccccc4)cc23)cc1. The van der Waals surface area contributed by atoms with Gasteiger partial charge in [-0.25, -0.2) is 0 Å². The molecule has 0 saturated carbocycles. The van der Waals surface area contributed by atoms with Crippen molar-refractivity contribution in [2.24, 2.45) is 0 Å².